The number of hydrogen-bond donors (Lipinski definition) is 0. The second kappa shape index (κ2) is 6.26. The fourth-order valence-corrected chi connectivity index (χ4v) is 1.82. The van der Waals surface area contributed by atoms with Crippen LogP contribution in [0.2, 0.25) is 0 Å². The van der Waals surface area contributed by atoms with Gasteiger partial charge in [0.15, 0.2) is 0 Å². The number of nitrogens with zero attached hydrogens (tertiary/aromatic N) is 1. The maximum Gasteiger partial charge on any atom is 0.149 e. The van der Waals surface area contributed by atoms with Crippen molar-refractivity contribution >= 4 is 5.78 Å². The van der Waals surface area contributed by atoms with Crippen LogP contribution in [0.3, 0.4) is 0 Å². The third-order valence-electron chi connectivity index (χ3n) is 3.17. The minimum absolute atomic E-state index is 0.414. The number of carbonyl (C=O) groups is 1. The van der Waals surface area contributed by atoms with Crippen LogP contribution in [0.1, 0.15) is 52.9 Å². The first-order chi connectivity index (χ1) is 7.15. The van der Waals surface area contributed by atoms with Gasteiger partial charge in [0.05, 0.1) is 6.54 Å². The zero-order chi connectivity index (χ0) is 11.3. The van der Waals surface area contributed by atoms with Crippen molar-refractivity contribution in [2.75, 3.05) is 13.1 Å². The van der Waals surface area contributed by atoms with Gasteiger partial charge < -0.3 is 0 Å². The molecule has 0 heterocycles. The molecule has 0 saturated heterocycles. The smallest absolute Gasteiger partial charge is 0.149 e. The molecule has 0 atom stereocenters. The monoisotopic (exact) mass is 211 g/mol. The van der Waals surface area contributed by atoms with Gasteiger partial charge in [-0.25, -0.2) is 0 Å². The molecule has 0 aliphatic heterocycles. The van der Waals surface area contributed by atoms with E-state index in [1.807, 2.05) is 0 Å². The molecule has 0 aromatic rings. The number of carbonyl (C=O) groups excluding carboxylic acids is 1. The van der Waals surface area contributed by atoms with E-state index in [-0.39, 0.29) is 0 Å². The molecule has 1 fully saturated rings. The molecule has 0 bridgehead atoms. The number of Topliss-reactive ketones (excluding diaryl/α,β-unsaturated/α-hetero) is 1. The summed E-state index contributed by atoms with van der Waals surface area (Å²) < 4.78 is 0. The summed E-state index contributed by atoms with van der Waals surface area (Å²) in [6.07, 6.45) is 6.04. The van der Waals surface area contributed by atoms with E-state index in [4.69, 9.17) is 0 Å². The van der Waals surface area contributed by atoms with E-state index in [2.05, 4.69) is 25.7 Å². The van der Waals surface area contributed by atoms with Crippen molar-refractivity contribution in [1.29, 1.82) is 0 Å². The highest BCUT2D eigenvalue weighted by Gasteiger charge is 2.30. The Labute approximate surface area is 94.0 Å². The highest BCUT2D eigenvalue weighted by molar-refractivity contribution is 5.85. The molecule has 0 aromatic carbocycles. The van der Waals surface area contributed by atoms with Crippen molar-refractivity contribution in [1.82, 2.24) is 4.90 Å². The predicted octanol–water partition coefficient (Wildman–Crippen LogP) is 2.87. The Morgan fingerprint density at radius 3 is 2.47 bits per heavy atom. The maximum absolute atomic E-state index is 11.7. The van der Waals surface area contributed by atoms with Crippen molar-refractivity contribution in [3.63, 3.8) is 0 Å². The molecule has 0 unspecified atom stereocenters. The maximum atomic E-state index is 11.7. The molecule has 2 nitrogen and oxygen atoms in total. The van der Waals surface area contributed by atoms with Gasteiger partial charge in [0.25, 0.3) is 0 Å². The summed E-state index contributed by atoms with van der Waals surface area (Å²) in [5.74, 6) is 0.887. The van der Waals surface area contributed by atoms with Gasteiger partial charge >= 0.3 is 0 Å². The van der Waals surface area contributed by atoms with Crippen molar-refractivity contribution in [2.24, 2.45) is 5.92 Å². The Hall–Kier alpha value is -0.370. The molecule has 0 radical (unpaired) electrons. The van der Waals surface area contributed by atoms with Crippen molar-refractivity contribution in [3.05, 3.63) is 0 Å². The van der Waals surface area contributed by atoms with Crippen LogP contribution >= 0.6 is 0 Å². The lowest BCUT2D eigenvalue weighted by Crippen LogP contribution is -2.37. The van der Waals surface area contributed by atoms with Crippen LogP contribution in [-0.4, -0.2) is 29.8 Å². The van der Waals surface area contributed by atoms with Crippen LogP contribution in [-0.2, 0) is 4.79 Å². The van der Waals surface area contributed by atoms with E-state index in [1.54, 1.807) is 0 Å². The highest BCUT2D eigenvalue weighted by Crippen LogP contribution is 2.30. The van der Waals surface area contributed by atoms with Gasteiger partial charge in [0, 0.05) is 12.0 Å². The molecule has 0 aromatic heterocycles. The Morgan fingerprint density at radius 2 is 2.00 bits per heavy atom. The molecular formula is C13H25NO. The van der Waals surface area contributed by atoms with Crippen LogP contribution in [0, 0.1) is 5.92 Å². The quantitative estimate of drug-likeness (QED) is 0.575. The van der Waals surface area contributed by atoms with Gasteiger partial charge in [0.2, 0.25) is 0 Å². The Morgan fingerprint density at radius 1 is 1.33 bits per heavy atom. The molecule has 88 valence electrons. The summed E-state index contributed by atoms with van der Waals surface area (Å²) in [6, 6.07) is 0.504. The largest absolute Gasteiger partial charge is 0.298 e. The number of rotatable bonds is 8. The molecule has 1 saturated carbocycles. The van der Waals surface area contributed by atoms with E-state index in [0.717, 1.165) is 19.4 Å². The summed E-state index contributed by atoms with van der Waals surface area (Å²) in [6.45, 7) is 8.36. The first-order valence-electron chi connectivity index (χ1n) is 6.42. The molecule has 1 rings (SSSR count). The highest BCUT2D eigenvalue weighted by atomic mass is 16.1. The number of hydrogen-bond acceptors (Lipinski definition) is 2. The SMILES string of the molecule is CCCCCN(CC(=O)C1CC1)C(C)C. The fourth-order valence-electron chi connectivity index (χ4n) is 1.82. The Bertz CT molecular complexity index is 197. The molecule has 2 heteroatoms. The minimum atomic E-state index is 0.414. The Kier molecular flexibility index (Phi) is 5.30. The second-order valence-electron chi connectivity index (χ2n) is 5.01. The lowest BCUT2D eigenvalue weighted by molar-refractivity contribution is -0.121. The van der Waals surface area contributed by atoms with Crippen LogP contribution < -0.4 is 0 Å². The summed E-state index contributed by atoms with van der Waals surface area (Å²) in [5.41, 5.74) is 0. The summed E-state index contributed by atoms with van der Waals surface area (Å²) >= 11 is 0. The van der Waals surface area contributed by atoms with Crippen molar-refractivity contribution in [3.8, 4) is 0 Å². The molecule has 0 spiro atoms. The fraction of sp³-hybridized carbons (Fsp3) is 0.923. The molecule has 1 aliphatic carbocycles. The van der Waals surface area contributed by atoms with Gasteiger partial charge in [-0.1, -0.05) is 19.8 Å². The first-order valence-corrected chi connectivity index (χ1v) is 6.42. The second-order valence-corrected chi connectivity index (χ2v) is 5.01. The topological polar surface area (TPSA) is 20.3 Å². The van der Waals surface area contributed by atoms with Crippen LogP contribution in [0.25, 0.3) is 0 Å². The van der Waals surface area contributed by atoms with Gasteiger partial charge in [0.1, 0.15) is 5.78 Å². The standard InChI is InChI=1S/C13H25NO/c1-4-5-6-9-14(11(2)3)10-13(15)12-7-8-12/h11-12H,4-10H2,1-3H3. The third kappa shape index (κ3) is 4.78. The third-order valence-corrected chi connectivity index (χ3v) is 3.17. The van der Waals surface area contributed by atoms with E-state index < -0.39 is 0 Å². The van der Waals surface area contributed by atoms with Crippen LogP contribution in [0.5, 0.6) is 0 Å². The minimum Gasteiger partial charge on any atom is -0.298 e. The zero-order valence-corrected chi connectivity index (χ0v) is 10.5. The summed E-state index contributed by atoms with van der Waals surface area (Å²) in [7, 11) is 0. The van der Waals surface area contributed by atoms with Crippen molar-refractivity contribution in [2.45, 2.75) is 58.9 Å². The summed E-state index contributed by atoms with van der Waals surface area (Å²) in [4.78, 5) is 14.0. The average Bonchev–Trinajstić information content (AvgIpc) is 2.99. The van der Waals surface area contributed by atoms with Gasteiger partial charge in [-0.05, 0) is 39.7 Å². The first kappa shape index (κ1) is 12.7. The van der Waals surface area contributed by atoms with Gasteiger partial charge in [-0.3, -0.25) is 9.69 Å². The predicted molar refractivity (Wildman–Crippen MR) is 64.0 cm³/mol. The van der Waals surface area contributed by atoms with E-state index in [0.29, 0.717) is 24.3 Å². The van der Waals surface area contributed by atoms with E-state index in [9.17, 15) is 4.79 Å². The van der Waals surface area contributed by atoms with Gasteiger partial charge in [-0.2, -0.15) is 0 Å². The number of unbranched alkanes of at least 4 members (excludes halogenated alkanes) is 2. The lowest BCUT2D eigenvalue weighted by Gasteiger charge is -2.25. The van der Waals surface area contributed by atoms with Gasteiger partial charge in [-0.15, -0.1) is 0 Å². The molecule has 0 N–H and O–H groups in total. The molecule has 1 aliphatic rings. The van der Waals surface area contributed by atoms with E-state index in [1.165, 1.54) is 19.3 Å². The zero-order valence-electron chi connectivity index (χ0n) is 10.5. The normalized spacial score (nSPS) is 16.3. The molecule has 15 heavy (non-hydrogen) atoms. The lowest BCUT2D eigenvalue weighted by atomic mass is 10.2. The summed E-state index contributed by atoms with van der Waals surface area (Å²) in [5, 5.41) is 0. The molecule has 0 amide bonds. The average molecular weight is 211 g/mol. The van der Waals surface area contributed by atoms with E-state index >= 15 is 0 Å². The van der Waals surface area contributed by atoms with Crippen LogP contribution in [0.4, 0.5) is 0 Å². The Balaban J connectivity index is 2.25. The number of ketones is 1. The van der Waals surface area contributed by atoms with Crippen LogP contribution in [0.15, 0.2) is 0 Å². The molecular weight excluding hydrogens is 186 g/mol. The van der Waals surface area contributed by atoms with Crippen molar-refractivity contribution < 1.29 is 4.79 Å².